The lowest BCUT2D eigenvalue weighted by atomic mass is 9.96. The molecule has 23 heavy (non-hydrogen) atoms. The van der Waals surface area contributed by atoms with Crippen LogP contribution in [0.2, 0.25) is 0 Å². The van der Waals surface area contributed by atoms with Gasteiger partial charge in [0.05, 0.1) is 12.7 Å². The van der Waals surface area contributed by atoms with Crippen LogP contribution in [0.25, 0.3) is 31.7 Å². The Labute approximate surface area is 137 Å². The second-order valence-corrected chi connectivity index (χ2v) is 6.78. The van der Waals surface area contributed by atoms with Crippen molar-refractivity contribution in [1.29, 1.82) is 0 Å². The Morgan fingerprint density at radius 3 is 2.87 bits per heavy atom. The summed E-state index contributed by atoms with van der Waals surface area (Å²) in [5.41, 5.74) is 6.12. The van der Waals surface area contributed by atoms with Crippen LogP contribution in [0.15, 0.2) is 59.9 Å². The van der Waals surface area contributed by atoms with Crippen LogP contribution in [0.1, 0.15) is 11.1 Å². The van der Waals surface area contributed by atoms with Crippen molar-refractivity contribution in [3.63, 3.8) is 0 Å². The molecule has 4 heteroatoms. The molecule has 0 amide bonds. The van der Waals surface area contributed by atoms with Gasteiger partial charge in [0.1, 0.15) is 0 Å². The van der Waals surface area contributed by atoms with E-state index in [1.807, 2.05) is 29.9 Å². The molecule has 0 radical (unpaired) electrons. The molecule has 0 atom stereocenters. The maximum Gasteiger partial charge on any atom is 0.0652 e. The summed E-state index contributed by atoms with van der Waals surface area (Å²) in [4.78, 5) is 5.77. The van der Waals surface area contributed by atoms with E-state index in [4.69, 9.17) is 0 Å². The standard InChI is InChI=1S/C19H13N3S/c1-2-4-18-12(3-1)7-19(23-18)16-6-13(15-9-21-22-10-15)5-14-8-20-11-17(14)16/h1-10H,11H2,(H,21,22). The Bertz CT molecular complexity index is 1010. The Kier molecular flexibility index (Phi) is 2.72. The van der Waals surface area contributed by atoms with Gasteiger partial charge in [-0.3, -0.25) is 10.1 Å². The third kappa shape index (κ3) is 2.03. The maximum absolute atomic E-state index is 4.47. The molecule has 110 valence electrons. The van der Waals surface area contributed by atoms with Crippen LogP contribution >= 0.6 is 11.3 Å². The molecular formula is C19H13N3S. The molecule has 0 unspecified atom stereocenters. The van der Waals surface area contributed by atoms with Gasteiger partial charge in [-0.05, 0) is 51.9 Å². The number of H-pyrrole nitrogens is 1. The van der Waals surface area contributed by atoms with Crippen molar-refractivity contribution in [2.75, 3.05) is 0 Å². The number of benzene rings is 2. The zero-order valence-corrected chi connectivity index (χ0v) is 13.1. The van der Waals surface area contributed by atoms with Crippen molar-refractivity contribution in [1.82, 2.24) is 10.2 Å². The molecule has 1 aliphatic heterocycles. The van der Waals surface area contributed by atoms with Crippen LogP contribution in [-0.4, -0.2) is 16.4 Å². The first-order chi connectivity index (χ1) is 11.4. The monoisotopic (exact) mass is 315 g/mol. The lowest BCUT2D eigenvalue weighted by molar-refractivity contribution is 1.09. The van der Waals surface area contributed by atoms with Crippen molar-refractivity contribution in [2.45, 2.75) is 6.54 Å². The number of aromatic nitrogens is 2. The van der Waals surface area contributed by atoms with E-state index in [2.05, 4.69) is 57.7 Å². The molecule has 4 aromatic rings. The fourth-order valence-corrected chi connectivity index (χ4v) is 4.24. The highest BCUT2D eigenvalue weighted by Crippen LogP contribution is 2.39. The predicted molar refractivity (Wildman–Crippen MR) is 96.1 cm³/mol. The molecule has 0 aliphatic carbocycles. The number of nitrogens with zero attached hydrogens (tertiary/aromatic N) is 2. The summed E-state index contributed by atoms with van der Waals surface area (Å²) >= 11 is 1.84. The number of rotatable bonds is 2. The SMILES string of the molecule is C1=NCc2c1cc(-c1cn[nH]c1)cc2-c1cc2ccccc2s1. The van der Waals surface area contributed by atoms with E-state index >= 15 is 0 Å². The highest BCUT2D eigenvalue weighted by Gasteiger charge is 2.17. The largest absolute Gasteiger partial charge is 0.288 e. The van der Waals surface area contributed by atoms with Crippen molar-refractivity contribution in [2.24, 2.45) is 4.99 Å². The number of aliphatic imine (C=N–C) groups is 1. The number of hydrogen-bond donors (Lipinski definition) is 1. The first kappa shape index (κ1) is 12.8. The zero-order chi connectivity index (χ0) is 15.2. The summed E-state index contributed by atoms with van der Waals surface area (Å²) in [6.45, 7) is 0.768. The van der Waals surface area contributed by atoms with Gasteiger partial charge in [0.15, 0.2) is 0 Å². The van der Waals surface area contributed by atoms with Crippen molar-refractivity contribution >= 4 is 27.6 Å². The Hall–Kier alpha value is -2.72. The van der Waals surface area contributed by atoms with Crippen molar-refractivity contribution < 1.29 is 0 Å². The van der Waals surface area contributed by atoms with Gasteiger partial charge in [0, 0.05) is 27.6 Å². The van der Waals surface area contributed by atoms with E-state index in [1.54, 1.807) is 0 Å². The predicted octanol–water partition coefficient (Wildman–Crippen LogP) is 4.89. The number of nitrogens with one attached hydrogen (secondary N) is 1. The highest BCUT2D eigenvalue weighted by atomic mass is 32.1. The van der Waals surface area contributed by atoms with E-state index in [-0.39, 0.29) is 0 Å². The number of fused-ring (bicyclic) bond motifs is 2. The van der Waals surface area contributed by atoms with Gasteiger partial charge in [-0.25, -0.2) is 0 Å². The summed E-state index contributed by atoms with van der Waals surface area (Å²) in [5.74, 6) is 0. The van der Waals surface area contributed by atoms with Crippen LogP contribution < -0.4 is 0 Å². The van der Waals surface area contributed by atoms with E-state index in [0.717, 1.165) is 12.1 Å². The van der Waals surface area contributed by atoms with Gasteiger partial charge < -0.3 is 0 Å². The molecule has 2 aromatic heterocycles. The van der Waals surface area contributed by atoms with Crippen LogP contribution in [0.3, 0.4) is 0 Å². The maximum atomic E-state index is 4.47. The Balaban J connectivity index is 1.76. The fourth-order valence-electron chi connectivity index (χ4n) is 3.13. The summed E-state index contributed by atoms with van der Waals surface area (Å²) in [7, 11) is 0. The molecule has 5 rings (SSSR count). The first-order valence-electron chi connectivity index (χ1n) is 7.53. The molecule has 3 nitrogen and oxygen atoms in total. The minimum absolute atomic E-state index is 0.768. The number of hydrogen-bond acceptors (Lipinski definition) is 3. The number of aromatic amines is 1. The van der Waals surface area contributed by atoms with Crippen LogP contribution in [0.4, 0.5) is 0 Å². The summed E-state index contributed by atoms with van der Waals surface area (Å²) in [5, 5.41) is 8.27. The molecule has 3 heterocycles. The summed E-state index contributed by atoms with van der Waals surface area (Å²) < 4.78 is 1.32. The quantitative estimate of drug-likeness (QED) is 0.562. The third-order valence-corrected chi connectivity index (χ3v) is 5.44. The van der Waals surface area contributed by atoms with Gasteiger partial charge >= 0.3 is 0 Å². The molecule has 0 bridgehead atoms. The molecular weight excluding hydrogens is 302 g/mol. The minimum Gasteiger partial charge on any atom is -0.288 e. The molecule has 0 spiro atoms. The molecule has 1 aliphatic rings. The van der Waals surface area contributed by atoms with Crippen LogP contribution in [0, 0.1) is 0 Å². The topological polar surface area (TPSA) is 41.0 Å². The van der Waals surface area contributed by atoms with E-state index in [0.29, 0.717) is 0 Å². The van der Waals surface area contributed by atoms with Gasteiger partial charge in [-0.2, -0.15) is 5.10 Å². The minimum atomic E-state index is 0.768. The van der Waals surface area contributed by atoms with E-state index in [9.17, 15) is 0 Å². The smallest absolute Gasteiger partial charge is 0.0652 e. The third-order valence-electron chi connectivity index (χ3n) is 4.29. The fraction of sp³-hybridized carbons (Fsp3) is 0.0526. The van der Waals surface area contributed by atoms with Crippen molar-refractivity contribution in [3.8, 4) is 21.6 Å². The molecule has 2 aromatic carbocycles. The average Bonchev–Trinajstić information content (AvgIpc) is 3.31. The summed E-state index contributed by atoms with van der Waals surface area (Å²) in [6.07, 6.45) is 5.78. The lowest BCUT2D eigenvalue weighted by Gasteiger charge is -2.09. The van der Waals surface area contributed by atoms with Gasteiger partial charge in [0.2, 0.25) is 0 Å². The van der Waals surface area contributed by atoms with Crippen LogP contribution in [-0.2, 0) is 6.54 Å². The molecule has 0 saturated heterocycles. The molecule has 1 N–H and O–H groups in total. The first-order valence-corrected chi connectivity index (χ1v) is 8.35. The average molecular weight is 315 g/mol. The highest BCUT2D eigenvalue weighted by molar-refractivity contribution is 7.22. The van der Waals surface area contributed by atoms with Gasteiger partial charge in [-0.15, -0.1) is 11.3 Å². The number of thiophene rings is 1. The second-order valence-electron chi connectivity index (χ2n) is 5.70. The van der Waals surface area contributed by atoms with Gasteiger partial charge in [0.25, 0.3) is 0 Å². The van der Waals surface area contributed by atoms with Crippen LogP contribution in [0.5, 0.6) is 0 Å². The van der Waals surface area contributed by atoms with Crippen molar-refractivity contribution in [3.05, 3.63) is 66.0 Å². The molecule has 0 saturated carbocycles. The Morgan fingerprint density at radius 2 is 2.00 bits per heavy atom. The van der Waals surface area contributed by atoms with E-state index < -0.39 is 0 Å². The Morgan fingerprint density at radius 1 is 1.04 bits per heavy atom. The second kappa shape index (κ2) is 4.89. The zero-order valence-electron chi connectivity index (χ0n) is 12.3. The lowest BCUT2D eigenvalue weighted by Crippen LogP contribution is -1.90. The van der Waals surface area contributed by atoms with E-state index in [1.165, 1.54) is 37.2 Å². The van der Waals surface area contributed by atoms with Gasteiger partial charge in [-0.1, -0.05) is 18.2 Å². The normalized spacial score (nSPS) is 12.9. The molecule has 0 fully saturated rings. The summed E-state index contributed by atoms with van der Waals surface area (Å²) in [6, 6.07) is 15.3.